The van der Waals surface area contributed by atoms with E-state index < -0.39 is 52.6 Å². The van der Waals surface area contributed by atoms with Crippen molar-refractivity contribution in [2.45, 2.75) is 59.3 Å². The zero-order valence-corrected chi connectivity index (χ0v) is 19.9. The van der Waals surface area contributed by atoms with Gasteiger partial charge in [-0.1, -0.05) is 27.7 Å². The lowest BCUT2D eigenvalue weighted by Crippen LogP contribution is -2.63. The van der Waals surface area contributed by atoms with Crippen molar-refractivity contribution in [1.29, 1.82) is 0 Å². The van der Waals surface area contributed by atoms with E-state index in [1.807, 2.05) is 6.92 Å². The summed E-state index contributed by atoms with van der Waals surface area (Å²) in [6, 6.07) is 0.757. The lowest BCUT2D eigenvalue weighted by molar-refractivity contribution is -0.0300. The van der Waals surface area contributed by atoms with Crippen LogP contribution in [0.15, 0.2) is 23.1 Å². The topological polar surface area (TPSA) is 91.6 Å². The Balaban J connectivity index is 1.67. The monoisotopic (exact) mass is 491 g/mol. The summed E-state index contributed by atoms with van der Waals surface area (Å²) in [5.41, 5.74) is -1.95. The second kappa shape index (κ2) is 9.05. The molecule has 1 aromatic carbocycles. The van der Waals surface area contributed by atoms with Gasteiger partial charge in [-0.05, 0) is 30.2 Å². The lowest BCUT2D eigenvalue weighted by Gasteiger charge is -2.54. The van der Waals surface area contributed by atoms with Gasteiger partial charge in [-0.3, -0.25) is 14.4 Å². The molecule has 2 aliphatic rings. The standard InChI is InChI=1S/C25H28F3N3O4/c1-5-19-12(3)11(2)13(4)20-10-30-9-15(22(32)23(33)21(30)25(35)31(19)20)24(34)29-8-14-6-17(27)18(28)7-16(14)26/h6-7,9,11-13,19-20,33H,5,8,10H2,1-4H3,(H,29,34)/t11-,12+,13?,19?,20+/m1/s1. The number of amides is 2. The van der Waals surface area contributed by atoms with Crippen molar-refractivity contribution in [2.24, 2.45) is 17.8 Å². The van der Waals surface area contributed by atoms with E-state index in [1.165, 1.54) is 10.8 Å². The van der Waals surface area contributed by atoms with Crippen LogP contribution >= 0.6 is 0 Å². The molecule has 2 N–H and O–H groups in total. The maximum absolute atomic E-state index is 13.9. The number of hydrogen-bond acceptors (Lipinski definition) is 4. The number of piperidine rings is 1. The van der Waals surface area contributed by atoms with E-state index in [2.05, 4.69) is 26.1 Å². The number of pyridine rings is 1. The fraction of sp³-hybridized carbons (Fsp3) is 0.480. The Labute approximate surface area is 200 Å². The summed E-state index contributed by atoms with van der Waals surface area (Å²) in [5.74, 6) is -5.21. The summed E-state index contributed by atoms with van der Waals surface area (Å²) in [4.78, 5) is 40.8. The van der Waals surface area contributed by atoms with Crippen LogP contribution in [0.2, 0.25) is 0 Å². The van der Waals surface area contributed by atoms with Crippen LogP contribution in [0, 0.1) is 35.2 Å². The molecule has 0 aliphatic carbocycles. The van der Waals surface area contributed by atoms with E-state index in [0.717, 1.165) is 6.42 Å². The molecule has 2 aromatic rings. The zero-order chi connectivity index (χ0) is 25.8. The summed E-state index contributed by atoms with van der Waals surface area (Å²) in [6.07, 6.45) is 1.95. The predicted octanol–water partition coefficient (Wildman–Crippen LogP) is 3.43. The van der Waals surface area contributed by atoms with Crippen molar-refractivity contribution in [3.05, 3.63) is 62.8 Å². The Bertz CT molecular complexity index is 1260. The fourth-order valence-electron chi connectivity index (χ4n) is 5.53. The highest BCUT2D eigenvalue weighted by atomic mass is 19.2. The highest BCUT2D eigenvalue weighted by Gasteiger charge is 2.48. The third-order valence-corrected chi connectivity index (χ3v) is 7.86. The maximum Gasteiger partial charge on any atom is 0.275 e. The van der Waals surface area contributed by atoms with Gasteiger partial charge in [-0.2, -0.15) is 0 Å². The van der Waals surface area contributed by atoms with Crippen LogP contribution in [-0.4, -0.2) is 38.5 Å². The molecule has 3 heterocycles. The summed E-state index contributed by atoms with van der Waals surface area (Å²) in [5, 5.41) is 13.0. The largest absolute Gasteiger partial charge is 0.503 e. The van der Waals surface area contributed by atoms with Gasteiger partial charge < -0.3 is 19.9 Å². The molecule has 2 aliphatic heterocycles. The second-order valence-corrected chi connectivity index (χ2v) is 9.59. The normalized spacial score (nSPS) is 25.7. The molecule has 7 nitrogen and oxygen atoms in total. The van der Waals surface area contributed by atoms with Crippen molar-refractivity contribution < 1.29 is 27.9 Å². The van der Waals surface area contributed by atoms with Gasteiger partial charge >= 0.3 is 0 Å². The molecule has 1 aromatic heterocycles. The van der Waals surface area contributed by atoms with Gasteiger partial charge in [0.05, 0.1) is 6.04 Å². The number of nitrogens with zero attached hydrogens (tertiary/aromatic N) is 2. The molecule has 188 valence electrons. The van der Waals surface area contributed by atoms with E-state index in [-0.39, 0.29) is 35.2 Å². The Morgan fingerprint density at radius 2 is 1.71 bits per heavy atom. The molecule has 2 amide bonds. The van der Waals surface area contributed by atoms with Gasteiger partial charge in [-0.25, -0.2) is 13.2 Å². The van der Waals surface area contributed by atoms with E-state index in [9.17, 15) is 32.7 Å². The molecule has 0 spiro atoms. The Hall–Kier alpha value is -3.30. The minimum absolute atomic E-state index is 0.0454. The Morgan fingerprint density at radius 1 is 1.06 bits per heavy atom. The molecule has 0 bridgehead atoms. The number of halogens is 3. The SMILES string of the molecule is CCC1[C@@H](C)[C@@H](C)C(C)[C@@H]2Cn3cc(C(=O)NCc4cc(F)c(F)cc4F)c(=O)c(O)c3C(=O)N12. The molecule has 10 heteroatoms. The van der Waals surface area contributed by atoms with Crippen LogP contribution < -0.4 is 10.7 Å². The van der Waals surface area contributed by atoms with Crippen LogP contribution in [0.3, 0.4) is 0 Å². The summed E-state index contributed by atoms with van der Waals surface area (Å²) in [7, 11) is 0. The van der Waals surface area contributed by atoms with E-state index in [1.54, 1.807) is 4.90 Å². The second-order valence-electron chi connectivity index (χ2n) is 9.59. The minimum Gasteiger partial charge on any atom is -0.503 e. The number of aromatic hydroxyl groups is 1. The Morgan fingerprint density at radius 3 is 2.37 bits per heavy atom. The van der Waals surface area contributed by atoms with Gasteiger partial charge in [0.1, 0.15) is 11.4 Å². The van der Waals surface area contributed by atoms with E-state index in [4.69, 9.17) is 0 Å². The van der Waals surface area contributed by atoms with Gasteiger partial charge in [0.25, 0.3) is 11.8 Å². The molecular formula is C25H28F3N3O4. The van der Waals surface area contributed by atoms with Crippen LogP contribution in [-0.2, 0) is 13.1 Å². The van der Waals surface area contributed by atoms with Crippen molar-refractivity contribution >= 4 is 11.8 Å². The molecule has 0 saturated carbocycles. The van der Waals surface area contributed by atoms with Crippen molar-refractivity contribution in [2.75, 3.05) is 0 Å². The average molecular weight is 492 g/mol. The molecule has 2 unspecified atom stereocenters. The van der Waals surface area contributed by atoms with Gasteiger partial charge in [0.2, 0.25) is 5.43 Å². The average Bonchev–Trinajstić information content (AvgIpc) is 2.82. The molecule has 4 rings (SSSR count). The number of fused-ring (bicyclic) bond motifs is 2. The van der Waals surface area contributed by atoms with Crippen LogP contribution in [0.4, 0.5) is 13.2 Å². The number of rotatable bonds is 4. The Kier molecular flexibility index (Phi) is 6.42. The number of carbonyl (C=O) groups excluding carboxylic acids is 2. The quantitative estimate of drug-likeness (QED) is 0.642. The smallest absolute Gasteiger partial charge is 0.275 e. The first kappa shape index (κ1) is 24.8. The van der Waals surface area contributed by atoms with Crippen molar-refractivity contribution in [3.63, 3.8) is 0 Å². The summed E-state index contributed by atoms with van der Waals surface area (Å²) >= 11 is 0. The van der Waals surface area contributed by atoms with Crippen LogP contribution in [0.1, 0.15) is 60.5 Å². The number of aromatic nitrogens is 1. The first-order chi connectivity index (χ1) is 16.5. The minimum atomic E-state index is -1.36. The maximum atomic E-state index is 13.9. The van der Waals surface area contributed by atoms with Crippen molar-refractivity contribution in [1.82, 2.24) is 14.8 Å². The third kappa shape index (κ3) is 3.98. The molecule has 1 saturated heterocycles. The molecule has 1 fully saturated rings. The van der Waals surface area contributed by atoms with Crippen LogP contribution in [0.5, 0.6) is 5.75 Å². The fourth-order valence-corrected chi connectivity index (χ4v) is 5.53. The highest BCUT2D eigenvalue weighted by Crippen LogP contribution is 2.42. The summed E-state index contributed by atoms with van der Waals surface area (Å²) < 4.78 is 41.9. The first-order valence-corrected chi connectivity index (χ1v) is 11.7. The molecule has 35 heavy (non-hydrogen) atoms. The van der Waals surface area contributed by atoms with E-state index in [0.29, 0.717) is 24.6 Å². The zero-order valence-electron chi connectivity index (χ0n) is 19.9. The van der Waals surface area contributed by atoms with Crippen LogP contribution in [0.25, 0.3) is 0 Å². The molecule has 0 radical (unpaired) electrons. The van der Waals surface area contributed by atoms with E-state index >= 15 is 0 Å². The van der Waals surface area contributed by atoms with Gasteiger partial charge in [-0.15, -0.1) is 0 Å². The molecule has 5 atom stereocenters. The first-order valence-electron chi connectivity index (χ1n) is 11.7. The van der Waals surface area contributed by atoms with Gasteiger partial charge in [0, 0.05) is 37.0 Å². The molecular weight excluding hydrogens is 463 g/mol. The number of nitrogens with one attached hydrogen (secondary N) is 1. The highest BCUT2D eigenvalue weighted by molar-refractivity contribution is 5.99. The summed E-state index contributed by atoms with van der Waals surface area (Å²) in [6.45, 7) is 8.10. The number of hydrogen-bond donors (Lipinski definition) is 2. The lowest BCUT2D eigenvalue weighted by atomic mass is 9.70. The van der Waals surface area contributed by atoms with Crippen molar-refractivity contribution in [3.8, 4) is 5.75 Å². The number of benzene rings is 1. The predicted molar refractivity (Wildman–Crippen MR) is 121 cm³/mol. The third-order valence-electron chi connectivity index (χ3n) is 7.86. The number of carbonyl (C=O) groups is 2. The van der Waals surface area contributed by atoms with Gasteiger partial charge in [0.15, 0.2) is 23.1 Å².